The summed E-state index contributed by atoms with van der Waals surface area (Å²) in [5.74, 6) is -0.533. The Kier molecular flexibility index (Phi) is 4.32. The van der Waals surface area contributed by atoms with Gasteiger partial charge in [0, 0.05) is 17.1 Å². The van der Waals surface area contributed by atoms with Gasteiger partial charge in [-0.2, -0.15) is 0 Å². The number of urea groups is 1. The van der Waals surface area contributed by atoms with Crippen LogP contribution in [-0.2, 0) is 0 Å². The fourth-order valence-electron chi connectivity index (χ4n) is 1.55. The zero-order valence-corrected chi connectivity index (χ0v) is 11.6. The van der Waals surface area contributed by atoms with Gasteiger partial charge in [0.2, 0.25) is 0 Å². The first kappa shape index (κ1) is 14.4. The predicted molar refractivity (Wildman–Crippen MR) is 79.9 cm³/mol. The maximum Gasteiger partial charge on any atom is 0.323 e. The highest BCUT2D eigenvalue weighted by Gasteiger charge is 2.06. The van der Waals surface area contributed by atoms with Crippen molar-refractivity contribution in [1.29, 1.82) is 0 Å². The molecule has 0 bridgehead atoms. The Bertz CT molecular complexity index is 644. The van der Waals surface area contributed by atoms with Crippen molar-refractivity contribution in [2.24, 2.45) is 0 Å². The minimum Gasteiger partial charge on any atom is -0.399 e. The number of rotatable bonds is 2. The molecule has 0 radical (unpaired) electrons. The van der Waals surface area contributed by atoms with Crippen molar-refractivity contribution in [2.45, 2.75) is 0 Å². The topological polar surface area (TPSA) is 67.1 Å². The number of amides is 2. The smallest absolute Gasteiger partial charge is 0.323 e. The number of hydrogen-bond acceptors (Lipinski definition) is 2. The van der Waals surface area contributed by atoms with Gasteiger partial charge in [-0.3, -0.25) is 0 Å². The van der Waals surface area contributed by atoms with Crippen LogP contribution in [0.1, 0.15) is 0 Å². The SMILES string of the molecule is Nc1cc(F)cc(NC(=O)Nc2ccc(Cl)c(Cl)c2)c1. The number of nitrogens with one attached hydrogen (secondary N) is 2. The van der Waals surface area contributed by atoms with Crippen molar-refractivity contribution in [3.8, 4) is 0 Å². The van der Waals surface area contributed by atoms with Crippen LogP contribution >= 0.6 is 23.2 Å². The highest BCUT2D eigenvalue weighted by atomic mass is 35.5. The van der Waals surface area contributed by atoms with Crippen LogP contribution in [0, 0.1) is 5.82 Å². The number of hydrogen-bond donors (Lipinski definition) is 3. The molecule has 4 N–H and O–H groups in total. The maximum atomic E-state index is 13.1. The lowest BCUT2D eigenvalue weighted by Gasteiger charge is -2.09. The number of carbonyl (C=O) groups excluding carboxylic acids is 1. The number of carbonyl (C=O) groups is 1. The van der Waals surface area contributed by atoms with E-state index in [0.29, 0.717) is 15.7 Å². The molecule has 2 aromatic rings. The summed E-state index contributed by atoms with van der Waals surface area (Å²) in [6, 6.07) is 7.86. The van der Waals surface area contributed by atoms with Crippen LogP contribution in [0.4, 0.5) is 26.2 Å². The summed E-state index contributed by atoms with van der Waals surface area (Å²) in [6.45, 7) is 0. The molecular formula is C13H10Cl2FN3O. The maximum absolute atomic E-state index is 13.1. The van der Waals surface area contributed by atoms with Gasteiger partial charge in [0.1, 0.15) is 5.82 Å². The molecule has 0 saturated carbocycles. The first-order valence-corrected chi connectivity index (χ1v) is 6.29. The first-order valence-electron chi connectivity index (χ1n) is 5.53. The van der Waals surface area contributed by atoms with Crippen molar-refractivity contribution >= 4 is 46.3 Å². The molecule has 0 spiro atoms. The fourth-order valence-corrected chi connectivity index (χ4v) is 1.85. The second kappa shape index (κ2) is 5.98. The minimum atomic E-state index is -0.548. The number of anilines is 3. The molecule has 0 aromatic heterocycles. The van der Waals surface area contributed by atoms with Gasteiger partial charge in [-0.15, -0.1) is 0 Å². The van der Waals surface area contributed by atoms with Gasteiger partial charge < -0.3 is 16.4 Å². The molecule has 2 amide bonds. The first-order chi connectivity index (χ1) is 9.44. The van der Waals surface area contributed by atoms with Crippen molar-refractivity contribution in [2.75, 3.05) is 16.4 Å². The van der Waals surface area contributed by atoms with Gasteiger partial charge in [-0.25, -0.2) is 9.18 Å². The molecule has 2 aromatic carbocycles. The molecule has 7 heteroatoms. The summed E-state index contributed by atoms with van der Waals surface area (Å²) in [6.07, 6.45) is 0. The fraction of sp³-hybridized carbons (Fsp3) is 0. The lowest BCUT2D eigenvalue weighted by atomic mass is 10.2. The van der Waals surface area contributed by atoms with E-state index in [2.05, 4.69) is 10.6 Å². The average Bonchev–Trinajstić information content (AvgIpc) is 2.32. The molecule has 0 fully saturated rings. The Balaban J connectivity index is 2.06. The van der Waals surface area contributed by atoms with Crippen LogP contribution in [-0.4, -0.2) is 6.03 Å². The van der Waals surface area contributed by atoms with E-state index in [4.69, 9.17) is 28.9 Å². The van der Waals surface area contributed by atoms with Crippen LogP contribution < -0.4 is 16.4 Å². The van der Waals surface area contributed by atoms with Crippen LogP contribution in [0.25, 0.3) is 0 Å². The standard InChI is InChI=1S/C13H10Cl2FN3O/c14-11-2-1-9(6-12(11)15)18-13(20)19-10-4-7(16)3-8(17)5-10/h1-6H,17H2,(H2,18,19,20). The summed E-state index contributed by atoms with van der Waals surface area (Å²) in [5.41, 5.74) is 6.41. The number of halogens is 3. The molecule has 0 atom stereocenters. The summed E-state index contributed by atoms with van der Waals surface area (Å²) in [5, 5.41) is 5.70. The molecule has 0 saturated heterocycles. The van der Waals surface area contributed by atoms with Crippen LogP contribution in [0.15, 0.2) is 36.4 Å². The second-order valence-electron chi connectivity index (χ2n) is 3.98. The van der Waals surface area contributed by atoms with Crippen molar-refractivity contribution < 1.29 is 9.18 Å². The van der Waals surface area contributed by atoms with Gasteiger partial charge in [-0.1, -0.05) is 23.2 Å². The zero-order chi connectivity index (χ0) is 14.7. The average molecular weight is 314 g/mol. The molecule has 0 aliphatic heterocycles. The number of benzene rings is 2. The molecule has 0 unspecified atom stereocenters. The van der Waals surface area contributed by atoms with E-state index in [1.54, 1.807) is 12.1 Å². The van der Waals surface area contributed by atoms with Crippen molar-refractivity contribution in [1.82, 2.24) is 0 Å². The van der Waals surface area contributed by atoms with E-state index in [1.165, 1.54) is 12.1 Å². The summed E-state index contributed by atoms with van der Waals surface area (Å²) >= 11 is 11.6. The zero-order valence-electron chi connectivity index (χ0n) is 10.1. The molecule has 4 nitrogen and oxygen atoms in total. The van der Waals surface area contributed by atoms with Gasteiger partial charge in [0.05, 0.1) is 10.0 Å². The molecule has 2 rings (SSSR count). The lowest BCUT2D eigenvalue weighted by Crippen LogP contribution is -2.19. The third-order valence-electron chi connectivity index (χ3n) is 2.36. The Morgan fingerprint density at radius 2 is 1.70 bits per heavy atom. The van der Waals surface area contributed by atoms with E-state index >= 15 is 0 Å². The Hall–Kier alpha value is -1.98. The quantitative estimate of drug-likeness (QED) is 0.721. The van der Waals surface area contributed by atoms with E-state index < -0.39 is 11.8 Å². The van der Waals surface area contributed by atoms with Gasteiger partial charge in [0.15, 0.2) is 0 Å². The number of nitrogens with two attached hydrogens (primary N) is 1. The van der Waals surface area contributed by atoms with Crippen molar-refractivity contribution in [3.63, 3.8) is 0 Å². The third-order valence-corrected chi connectivity index (χ3v) is 3.09. The van der Waals surface area contributed by atoms with Gasteiger partial charge in [0.25, 0.3) is 0 Å². The van der Waals surface area contributed by atoms with Crippen LogP contribution in [0.5, 0.6) is 0 Å². The van der Waals surface area contributed by atoms with E-state index in [9.17, 15) is 9.18 Å². The number of nitrogen functional groups attached to an aromatic ring is 1. The van der Waals surface area contributed by atoms with Gasteiger partial charge in [-0.05, 0) is 36.4 Å². The summed E-state index contributed by atoms with van der Waals surface area (Å²) in [4.78, 5) is 11.7. The summed E-state index contributed by atoms with van der Waals surface area (Å²) in [7, 11) is 0. The Morgan fingerprint density at radius 1 is 1.00 bits per heavy atom. The highest BCUT2D eigenvalue weighted by molar-refractivity contribution is 6.42. The molecule has 104 valence electrons. The normalized spacial score (nSPS) is 10.2. The van der Waals surface area contributed by atoms with E-state index in [0.717, 1.165) is 12.1 Å². The van der Waals surface area contributed by atoms with Crippen molar-refractivity contribution in [3.05, 3.63) is 52.3 Å². The van der Waals surface area contributed by atoms with E-state index in [1.807, 2.05) is 0 Å². The second-order valence-corrected chi connectivity index (χ2v) is 4.80. The van der Waals surface area contributed by atoms with Crippen LogP contribution in [0.2, 0.25) is 10.0 Å². The molecular weight excluding hydrogens is 304 g/mol. The van der Waals surface area contributed by atoms with E-state index in [-0.39, 0.29) is 11.4 Å². The third kappa shape index (κ3) is 3.76. The molecule has 0 aliphatic carbocycles. The van der Waals surface area contributed by atoms with Gasteiger partial charge >= 0.3 is 6.03 Å². The molecule has 0 aliphatic rings. The monoisotopic (exact) mass is 313 g/mol. The predicted octanol–water partition coefficient (Wildman–Crippen LogP) is 4.36. The Labute approximate surface area is 124 Å². The minimum absolute atomic E-state index is 0.217. The molecule has 0 heterocycles. The molecule has 20 heavy (non-hydrogen) atoms. The Morgan fingerprint density at radius 3 is 2.35 bits per heavy atom. The summed E-state index contributed by atoms with van der Waals surface area (Å²) < 4.78 is 13.1. The largest absolute Gasteiger partial charge is 0.399 e. The highest BCUT2D eigenvalue weighted by Crippen LogP contribution is 2.25. The van der Waals surface area contributed by atoms with Crippen LogP contribution in [0.3, 0.4) is 0 Å². The lowest BCUT2D eigenvalue weighted by molar-refractivity contribution is 0.262.